The van der Waals surface area contributed by atoms with E-state index < -0.39 is 0 Å². The minimum absolute atomic E-state index is 0. The zero-order valence-electron chi connectivity index (χ0n) is 6.36. The van der Waals surface area contributed by atoms with Crippen molar-refractivity contribution in [3.63, 3.8) is 0 Å². The molecule has 0 heterocycles. The van der Waals surface area contributed by atoms with Crippen molar-refractivity contribution in [3.05, 3.63) is 12.2 Å². The first kappa shape index (κ1) is 13.0. The Kier molecular flexibility index (Phi) is 15.7. The third kappa shape index (κ3) is 11.2. The summed E-state index contributed by atoms with van der Waals surface area (Å²) in [6.45, 7) is 2.14. The summed E-state index contributed by atoms with van der Waals surface area (Å²) >= 11 is 1.71. The van der Waals surface area contributed by atoms with Crippen molar-refractivity contribution in [2.75, 3.05) is 0 Å². The largest absolute Gasteiger partial charge is 1.00 e. The Bertz CT molecular complexity index is 130. The van der Waals surface area contributed by atoms with E-state index in [1.54, 1.807) is 21.7 Å². The van der Waals surface area contributed by atoms with Crippen LogP contribution >= 0.6 is 0 Å². The van der Waals surface area contributed by atoms with Gasteiger partial charge >= 0.3 is 70.0 Å². The maximum Gasteiger partial charge on any atom is -1.00 e. The van der Waals surface area contributed by atoms with Crippen molar-refractivity contribution in [1.82, 2.24) is 0 Å². The molecule has 52 valence electrons. The third-order valence-corrected chi connectivity index (χ3v) is 1.21. The zero-order chi connectivity index (χ0) is 6.95. The van der Waals surface area contributed by atoms with E-state index >= 15 is 0 Å². The third-order valence-electron chi connectivity index (χ3n) is 0.963. The summed E-state index contributed by atoms with van der Waals surface area (Å²) in [5, 5.41) is 0. The van der Waals surface area contributed by atoms with Gasteiger partial charge in [0.1, 0.15) is 0 Å². The minimum atomic E-state index is 0. The average Bonchev–Trinajstić information content (AvgIpc) is 1.89. The average molecular weight is 167 g/mol. The fraction of sp³-hybridized carbons (Fsp3) is 0.500. The smallest absolute Gasteiger partial charge is 1.00 e. The summed E-state index contributed by atoms with van der Waals surface area (Å²) < 4.78 is 2.89. The predicted molar refractivity (Wildman–Crippen MR) is 42.2 cm³/mol. The first-order valence-electron chi connectivity index (χ1n) is 3.31. The Morgan fingerprint density at radius 1 is 1.40 bits per heavy atom. The first-order valence-corrected chi connectivity index (χ1v) is 4.02. The topological polar surface area (TPSA) is 0 Å². The van der Waals surface area contributed by atoms with Gasteiger partial charge in [0, 0.05) is 0 Å². The summed E-state index contributed by atoms with van der Waals surface area (Å²) in [5.41, 5.74) is 0. The molecule has 0 spiro atoms. The van der Waals surface area contributed by atoms with Gasteiger partial charge in [0.2, 0.25) is 0 Å². The molecule has 0 radical (unpaired) electrons. The van der Waals surface area contributed by atoms with Gasteiger partial charge in [-0.2, -0.15) is 0 Å². The normalized spacial score (nSPS) is 8.30. The molecule has 0 aliphatic rings. The van der Waals surface area contributed by atoms with E-state index in [0.717, 1.165) is 19.3 Å². The molecule has 0 amide bonds. The summed E-state index contributed by atoms with van der Waals surface area (Å²) in [6.07, 6.45) is 7.63. The van der Waals surface area contributed by atoms with Crippen molar-refractivity contribution in [1.29, 1.82) is 0 Å². The van der Waals surface area contributed by atoms with Crippen LogP contribution in [0.2, 0.25) is 0 Å². The molecule has 0 aromatic heterocycles. The van der Waals surface area contributed by atoms with E-state index in [-0.39, 0.29) is 12.4 Å². The monoisotopic (exact) mass is 166 g/mol. The van der Waals surface area contributed by atoms with Crippen LogP contribution in [0.1, 0.15) is 26.2 Å². The molecule has 0 unspecified atom stereocenters. The quantitative estimate of drug-likeness (QED) is 0.216. The summed E-state index contributed by atoms with van der Waals surface area (Å²) in [4.78, 5) is 0. The maximum absolute atomic E-state index is 3.02. The number of allylic oxidation sites excluding steroid dienone is 2. The van der Waals surface area contributed by atoms with Crippen LogP contribution in [-0.2, 0) is 0 Å². The van der Waals surface area contributed by atoms with Gasteiger partial charge in [0.05, 0.1) is 0 Å². The SMILES string of the molecule is CC/C=C\CCC#[C][Mg+].[Cl-]. The van der Waals surface area contributed by atoms with Crippen molar-refractivity contribution < 1.29 is 12.4 Å². The summed E-state index contributed by atoms with van der Waals surface area (Å²) in [5.74, 6) is 3.02. The van der Waals surface area contributed by atoms with Crippen LogP contribution in [-0.4, -0.2) is 21.7 Å². The van der Waals surface area contributed by atoms with Crippen molar-refractivity contribution in [2.24, 2.45) is 0 Å². The van der Waals surface area contributed by atoms with E-state index in [4.69, 9.17) is 0 Å². The Hall–Kier alpha value is 0.356. The molecule has 0 atom stereocenters. The van der Waals surface area contributed by atoms with Crippen molar-refractivity contribution in [3.8, 4) is 9.97 Å². The van der Waals surface area contributed by atoms with Crippen LogP contribution in [0, 0.1) is 9.97 Å². The second-order valence-electron chi connectivity index (χ2n) is 1.77. The van der Waals surface area contributed by atoms with Crippen LogP contribution in [0.25, 0.3) is 0 Å². The van der Waals surface area contributed by atoms with Gasteiger partial charge in [-0.3, -0.25) is 0 Å². The molecule has 2 heteroatoms. The van der Waals surface area contributed by atoms with Crippen LogP contribution in [0.5, 0.6) is 0 Å². The Labute approximate surface area is 82.3 Å². The fourth-order valence-corrected chi connectivity index (χ4v) is 0.705. The molecule has 0 saturated heterocycles. The van der Waals surface area contributed by atoms with Crippen molar-refractivity contribution >= 4 is 21.7 Å². The number of hydrogen-bond acceptors (Lipinski definition) is 0. The molecule has 0 aliphatic heterocycles. The standard InChI is InChI=1S/C8H11.ClH.Mg/c1-3-5-7-8-6-4-2;;/h5,7H,3,6,8H2,1H3;1H;/q;;+1/p-1/b7-5-;;. The molecule has 0 fully saturated rings. The molecule has 0 rings (SSSR count). The van der Waals surface area contributed by atoms with Crippen molar-refractivity contribution in [2.45, 2.75) is 26.2 Å². The number of unbranched alkanes of at least 4 members (excludes halogenated alkanes) is 1. The van der Waals surface area contributed by atoms with E-state index in [2.05, 4.69) is 29.0 Å². The maximum atomic E-state index is 3.02. The van der Waals surface area contributed by atoms with Crippen LogP contribution < -0.4 is 12.4 Å². The van der Waals surface area contributed by atoms with Gasteiger partial charge in [-0.25, -0.2) is 0 Å². The molecule has 0 aromatic rings. The number of hydrogen-bond donors (Lipinski definition) is 0. The Morgan fingerprint density at radius 2 is 2.10 bits per heavy atom. The molecule has 0 saturated carbocycles. The number of rotatable bonds is 3. The van der Waals surface area contributed by atoms with E-state index in [0.29, 0.717) is 0 Å². The molecule has 0 N–H and O–H groups in total. The van der Waals surface area contributed by atoms with E-state index in [1.807, 2.05) is 0 Å². The second kappa shape index (κ2) is 12.1. The van der Waals surface area contributed by atoms with Crippen LogP contribution in [0.15, 0.2) is 12.2 Å². The van der Waals surface area contributed by atoms with Gasteiger partial charge in [-0.1, -0.05) is 0 Å². The van der Waals surface area contributed by atoms with Gasteiger partial charge in [-0.15, -0.1) is 0 Å². The van der Waals surface area contributed by atoms with E-state index in [9.17, 15) is 0 Å². The van der Waals surface area contributed by atoms with Gasteiger partial charge < -0.3 is 12.4 Å². The molecular formula is C8H11ClMg. The summed E-state index contributed by atoms with van der Waals surface area (Å²) in [6, 6.07) is 0. The molecule has 0 aliphatic carbocycles. The Balaban J connectivity index is 0. The number of halogens is 1. The molecule has 0 bridgehead atoms. The van der Waals surface area contributed by atoms with Crippen LogP contribution in [0.3, 0.4) is 0 Å². The summed E-state index contributed by atoms with van der Waals surface area (Å²) in [7, 11) is 0. The molecule has 0 nitrogen and oxygen atoms in total. The molecule has 10 heavy (non-hydrogen) atoms. The van der Waals surface area contributed by atoms with Gasteiger partial charge in [0.15, 0.2) is 0 Å². The molecule has 0 aromatic carbocycles. The van der Waals surface area contributed by atoms with Crippen LogP contribution in [0.4, 0.5) is 0 Å². The molecular weight excluding hydrogens is 156 g/mol. The van der Waals surface area contributed by atoms with Gasteiger partial charge in [0.25, 0.3) is 0 Å². The minimum Gasteiger partial charge on any atom is -1.00 e. The second-order valence-corrected chi connectivity index (χ2v) is 2.13. The fourth-order valence-electron chi connectivity index (χ4n) is 0.528. The zero-order valence-corrected chi connectivity index (χ0v) is 8.53. The van der Waals surface area contributed by atoms with E-state index in [1.165, 1.54) is 0 Å². The Morgan fingerprint density at radius 3 is 2.60 bits per heavy atom. The van der Waals surface area contributed by atoms with Gasteiger partial charge in [-0.05, 0) is 0 Å². The predicted octanol–water partition coefficient (Wildman–Crippen LogP) is -1.13. The first-order chi connectivity index (χ1) is 4.41.